The average molecular weight is 236 g/mol. The third kappa shape index (κ3) is 1.20. The van der Waals surface area contributed by atoms with Gasteiger partial charge in [0, 0.05) is 9.86 Å². The summed E-state index contributed by atoms with van der Waals surface area (Å²) in [6.07, 6.45) is 5.22. The minimum absolute atomic E-state index is 0.396. The van der Waals surface area contributed by atoms with E-state index < -0.39 is 0 Å². The zero-order valence-electron chi connectivity index (χ0n) is 6.67. The SMILES string of the molecule is C#Cc1oc2ccc(Br)cc2c1N. The van der Waals surface area contributed by atoms with E-state index in [1.54, 1.807) is 0 Å². The van der Waals surface area contributed by atoms with E-state index in [1.165, 1.54) is 0 Å². The van der Waals surface area contributed by atoms with Crippen LogP contribution in [0.15, 0.2) is 27.1 Å². The number of furan rings is 1. The van der Waals surface area contributed by atoms with Crippen molar-refractivity contribution < 1.29 is 4.42 Å². The van der Waals surface area contributed by atoms with E-state index in [1.807, 2.05) is 18.2 Å². The maximum atomic E-state index is 5.76. The van der Waals surface area contributed by atoms with Crippen LogP contribution in [-0.4, -0.2) is 0 Å². The van der Waals surface area contributed by atoms with Crippen molar-refractivity contribution in [2.24, 2.45) is 0 Å². The molecule has 0 aliphatic heterocycles. The Morgan fingerprint density at radius 2 is 2.23 bits per heavy atom. The van der Waals surface area contributed by atoms with Gasteiger partial charge in [0.05, 0.1) is 5.69 Å². The van der Waals surface area contributed by atoms with Crippen molar-refractivity contribution >= 4 is 32.6 Å². The van der Waals surface area contributed by atoms with Gasteiger partial charge in [-0.25, -0.2) is 0 Å². The van der Waals surface area contributed by atoms with Gasteiger partial charge in [0.2, 0.25) is 5.76 Å². The number of hydrogen-bond acceptors (Lipinski definition) is 2. The molecule has 0 radical (unpaired) electrons. The van der Waals surface area contributed by atoms with Crippen molar-refractivity contribution in [1.82, 2.24) is 0 Å². The van der Waals surface area contributed by atoms with Crippen molar-refractivity contribution in [2.75, 3.05) is 5.73 Å². The number of nitrogen functional groups attached to an aromatic ring is 1. The van der Waals surface area contributed by atoms with Crippen LogP contribution in [0, 0.1) is 12.3 Å². The summed E-state index contributed by atoms with van der Waals surface area (Å²) in [5, 5.41) is 0.849. The monoisotopic (exact) mass is 235 g/mol. The average Bonchev–Trinajstić information content (AvgIpc) is 2.44. The van der Waals surface area contributed by atoms with E-state index in [9.17, 15) is 0 Å². The Morgan fingerprint density at radius 1 is 1.46 bits per heavy atom. The summed E-state index contributed by atoms with van der Waals surface area (Å²) in [6.45, 7) is 0. The van der Waals surface area contributed by atoms with Crippen LogP contribution in [0.2, 0.25) is 0 Å². The molecule has 0 bridgehead atoms. The standard InChI is InChI=1S/C10H6BrNO/c1-2-8-10(12)7-5-6(11)3-4-9(7)13-8/h1,3-5H,12H2. The number of nitrogens with two attached hydrogens (primary N) is 1. The van der Waals surface area contributed by atoms with Gasteiger partial charge in [0.15, 0.2) is 0 Å². The first-order valence-corrected chi connectivity index (χ1v) is 4.46. The molecule has 0 spiro atoms. The predicted octanol–water partition coefficient (Wildman–Crippen LogP) is 2.76. The van der Waals surface area contributed by atoms with Gasteiger partial charge in [-0.15, -0.1) is 6.42 Å². The largest absolute Gasteiger partial charge is 0.445 e. The van der Waals surface area contributed by atoms with Gasteiger partial charge in [-0.1, -0.05) is 15.9 Å². The van der Waals surface area contributed by atoms with Gasteiger partial charge in [-0.2, -0.15) is 0 Å². The number of rotatable bonds is 0. The number of fused-ring (bicyclic) bond motifs is 1. The van der Waals surface area contributed by atoms with E-state index in [0.717, 1.165) is 9.86 Å². The molecule has 0 atom stereocenters. The zero-order chi connectivity index (χ0) is 9.42. The third-order valence-corrected chi connectivity index (χ3v) is 2.31. The fourth-order valence-corrected chi connectivity index (χ4v) is 1.56. The summed E-state index contributed by atoms with van der Waals surface area (Å²) < 4.78 is 6.28. The van der Waals surface area contributed by atoms with E-state index in [2.05, 4.69) is 21.9 Å². The van der Waals surface area contributed by atoms with Crippen molar-refractivity contribution in [3.05, 3.63) is 28.4 Å². The fraction of sp³-hybridized carbons (Fsp3) is 0. The van der Waals surface area contributed by atoms with Gasteiger partial charge in [-0.3, -0.25) is 0 Å². The fourth-order valence-electron chi connectivity index (χ4n) is 1.20. The van der Waals surface area contributed by atoms with Crippen LogP contribution in [0.4, 0.5) is 5.69 Å². The lowest BCUT2D eigenvalue weighted by Crippen LogP contribution is -1.84. The summed E-state index contributed by atoms with van der Waals surface area (Å²) in [5.74, 6) is 2.79. The summed E-state index contributed by atoms with van der Waals surface area (Å²) in [7, 11) is 0. The van der Waals surface area contributed by atoms with Crippen LogP contribution in [0.3, 0.4) is 0 Å². The molecular formula is C10H6BrNO. The van der Waals surface area contributed by atoms with Crippen LogP contribution in [0.25, 0.3) is 11.0 Å². The second kappa shape index (κ2) is 2.82. The molecule has 0 unspecified atom stereocenters. The van der Waals surface area contributed by atoms with Crippen LogP contribution in [0.1, 0.15) is 5.76 Å². The summed E-state index contributed by atoms with van der Waals surface area (Å²) >= 11 is 3.35. The minimum Gasteiger partial charge on any atom is -0.445 e. The summed E-state index contributed by atoms with van der Waals surface area (Å²) in [5.41, 5.74) is 7.00. The van der Waals surface area contributed by atoms with E-state index in [-0.39, 0.29) is 0 Å². The summed E-state index contributed by atoms with van der Waals surface area (Å²) in [6, 6.07) is 5.59. The lowest BCUT2D eigenvalue weighted by Gasteiger charge is -1.89. The number of terminal acetylenes is 1. The molecule has 1 heterocycles. The second-order valence-electron chi connectivity index (χ2n) is 2.63. The molecule has 3 heteroatoms. The molecule has 2 aromatic rings. The van der Waals surface area contributed by atoms with Gasteiger partial charge in [0.1, 0.15) is 5.58 Å². The number of benzene rings is 1. The van der Waals surface area contributed by atoms with Gasteiger partial charge < -0.3 is 10.2 Å². The maximum absolute atomic E-state index is 5.76. The Labute approximate surface area is 83.8 Å². The molecule has 2 N–H and O–H groups in total. The molecule has 2 nitrogen and oxygen atoms in total. The topological polar surface area (TPSA) is 39.2 Å². The van der Waals surface area contributed by atoms with Crippen LogP contribution >= 0.6 is 15.9 Å². The van der Waals surface area contributed by atoms with E-state index in [0.29, 0.717) is 17.0 Å². The molecule has 0 saturated carbocycles. The first-order valence-electron chi connectivity index (χ1n) is 3.66. The maximum Gasteiger partial charge on any atom is 0.200 e. The summed E-state index contributed by atoms with van der Waals surface area (Å²) in [4.78, 5) is 0. The van der Waals surface area contributed by atoms with Gasteiger partial charge in [0.25, 0.3) is 0 Å². The van der Waals surface area contributed by atoms with Crippen LogP contribution in [0.5, 0.6) is 0 Å². The van der Waals surface area contributed by atoms with E-state index in [4.69, 9.17) is 16.6 Å². The first-order chi connectivity index (χ1) is 6.22. The number of halogens is 1. The lowest BCUT2D eigenvalue weighted by atomic mass is 10.2. The second-order valence-corrected chi connectivity index (χ2v) is 3.55. The van der Waals surface area contributed by atoms with Crippen molar-refractivity contribution in [1.29, 1.82) is 0 Å². The molecular weight excluding hydrogens is 230 g/mol. The minimum atomic E-state index is 0.396. The van der Waals surface area contributed by atoms with Gasteiger partial charge >= 0.3 is 0 Å². The van der Waals surface area contributed by atoms with Crippen LogP contribution in [-0.2, 0) is 0 Å². The molecule has 2 rings (SSSR count). The Balaban J connectivity index is 2.87. The molecule has 1 aromatic heterocycles. The van der Waals surface area contributed by atoms with E-state index >= 15 is 0 Å². The highest BCUT2D eigenvalue weighted by Gasteiger charge is 2.08. The molecule has 0 aliphatic rings. The van der Waals surface area contributed by atoms with Crippen LogP contribution < -0.4 is 5.73 Å². The Morgan fingerprint density at radius 3 is 2.92 bits per heavy atom. The highest BCUT2D eigenvalue weighted by atomic mass is 79.9. The van der Waals surface area contributed by atoms with Gasteiger partial charge in [-0.05, 0) is 24.1 Å². The third-order valence-electron chi connectivity index (χ3n) is 1.82. The molecule has 64 valence electrons. The first kappa shape index (κ1) is 8.21. The highest BCUT2D eigenvalue weighted by Crippen LogP contribution is 2.29. The quantitative estimate of drug-likeness (QED) is 0.714. The predicted molar refractivity (Wildman–Crippen MR) is 56.3 cm³/mol. The van der Waals surface area contributed by atoms with Crippen molar-refractivity contribution in [3.8, 4) is 12.3 Å². The molecule has 0 fully saturated rings. The Hall–Kier alpha value is -1.40. The highest BCUT2D eigenvalue weighted by molar-refractivity contribution is 9.10. The smallest absolute Gasteiger partial charge is 0.200 e. The lowest BCUT2D eigenvalue weighted by molar-refractivity contribution is 0.603. The van der Waals surface area contributed by atoms with Crippen molar-refractivity contribution in [3.63, 3.8) is 0 Å². The zero-order valence-corrected chi connectivity index (χ0v) is 8.26. The molecule has 0 aliphatic carbocycles. The molecule has 0 saturated heterocycles. The Kier molecular flexibility index (Phi) is 1.78. The molecule has 0 amide bonds. The van der Waals surface area contributed by atoms with Crippen molar-refractivity contribution in [2.45, 2.75) is 0 Å². The molecule has 13 heavy (non-hydrogen) atoms. The molecule has 1 aromatic carbocycles. The Bertz CT molecular complexity index is 507. The number of anilines is 1. The normalized spacial score (nSPS) is 10.2. The number of hydrogen-bond donors (Lipinski definition) is 1.